The summed E-state index contributed by atoms with van der Waals surface area (Å²) in [6.45, 7) is 3.47. The number of carbonyl (C=O) groups is 1. The first-order valence-corrected chi connectivity index (χ1v) is 5.86. The molecule has 0 aliphatic heterocycles. The number of benzene rings is 1. The molecule has 0 aliphatic rings. The summed E-state index contributed by atoms with van der Waals surface area (Å²) in [5, 5.41) is 11.9. The van der Waals surface area contributed by atoms with Crippen molar-refractivity contribution in [3.05, 3.63) is 29.3 Å². The quantitative estimate of drug-likeness (QED) is 0.807. The standard InChI is InChI=1S/C13H17F2NO3/c1-7(2)10(6-17)16-9-5-4-8(13(18)19-3)11(14)12(9)15/h4-5,7,10,16-17H,6H2,1-3H3. The fourth-order valence-electron chi connectivity index (χ4n) is 1.55. The van der Waals surface area contributed by atoms with Crippen LogP contribution >= 0.6 is 0 Å². The number of aliphatic hydroxyl groups excluding tert-OH is 1. The van der Waals surface area contributed by atoms with Gasteiger partial charge < -0.3 is 15.2 Å². The maximum atomic E-state index is 13.8. The monoisotopic (exact) mass is 273 g/mol. The number of hydrogen-bond donors (Lipinski definition) is 2. The number of rotatable bonds is 5. The van der Waals surface area contributed by atoms with Crippen LogP contribution in [-0.4, -0.2) is 30.8 Å². The maximum absolute atomic E-state index is 13.8. The molecule has 1 aromatic carbocycles. The smallest absolute Gasteiger partial charge is 0.340 e. The van der Waals surface area contributed by atoms with Crippen molar-refractivity contribution in [3.8, 4) is 0 Å². The molecule has 0 amide bonds. The first kappa shape index (κ1) is 15.4. The van der Waals surface area contributed by atoms with Crippen LogP contribution in [0.5, 0.6) is 0 Å². The van der Waals surface area contributed by atoms with Crippen LogP contribution in [0.4, 0.5) is 14.5 Å². The molecule has 2 N–H and O–H groups in total. The van der Waals surface area contributed by atoms with E-state index in [0.29, 0.717) is 0 Å². The van der Waals surface area contributed by atoms with Crippen molar-refractivity contribution in [2.75, 3.05) is 19.0 Å². The van der Waals surface area contributed by atoms with Gasteiger partial charge >= 0.3 is 5.97 Å². The van der Waals surface area contributed by atoms with E-state index in [1.54, 1.807) is 0 Å². The van der Waals surface area contributed by atoms with Crippen LogP contribution in [0, 0.1) is 17.6 Å². The number of esters is 1. The second-order valence-electron chi connectivity index (χ2n) is 4.46. The van der Waals surface area contributed by atoms with Crippen LogP contribution in [0.1, 0.15) is 24.2 Å². The van der Waals surface area contributed by atoms with Gasteiger partial charge in [-0.2, -0.15) is 0 Å². The Morgan fingerprint density at radius 1 is 1.37 bits per heavy atom. The van der Waals surface area contributed by atoms with Gasteiger partial charge in [0.2, 0.25) is 0 Å². The minimum Gasteiger partial charge on any atom is -0.465 e. The van der Waals surface area contributed by atoms with E-state index in [2.05, 4.69) is 10.1 Å². The summed E-state index contributed by atoms with van der Waals surface area (Å²) >= 11 is 0. The van der Waals surface area contributed by atoms with Gasteiger partial charge in [-0.3, -0.25) is 0 Å². The third-order valence-corrected chi connectivity index (χ3v) is 2.83. The van der Waals surface area contributed by atoms with Gasteiger partial charge in [-0.1, -0.05) is 13.8 Å². The summed E-state index contributed by atoms with van der Waals surface area (Å²) < 4.78 is 31.8. The first-order chi connectivity index (χ1) is 8.92. The molecule has 1 aromatic rings. The Morgan fingerprint density at radius 2 is 2.00 bits per heavy atom. The normalized spacial score (nSPS) is 12.4. The molecule has 4 nitrogen and oxygen atoms in total. The minimum atomic E-state index is -1.27. The number of hydrogen-bond acceptors (Lipinski definition) is 4. The minimum absolute atomic E-state index is 0.0349. The molecule has 0 radical (unpaired) electrons. The molecule has 19 heavy (non-hydrogen) atoms. The van der Waals surface area contributed by atoms with E-state index in [-0.39, 0.29) is 18.2 Å². The summed E-state index contributed by atoms with van der Waals surface area (Å²) in [5.41, 5.74) is -0.562. The summed E-state index contributed by atoms with van der Waals surface area (Å²) in [6, 6.07) is 1.98. The molecule has 0 bridgehead atoms. The summed E-state index contributed by atoms with van der Waals surface area (Å²) in [5.74, 6) is -3.34. The molecule has 1 atom stereocenters. The fourth-order valence-corrected chi connectivity index (χ4v) is 1.55. The summed E-state index contributed by atoms with van der Waals surface area (Å²) in [4.78, 5) is 11.2. The Balaban J connectivity index is 3.06. The van der Waals surface area contributed by atoms with Crippen molar-refractivity contribution >= 4 is 11.7 Å². The van der Waals surface area contributed by atoms with E-state index in [4.69, 9.17) is 5.11 Å². The lowest BCUT2D eigenvalue weighted by molar-refractivity contribution is 0.0594. The van der Waals surface area contributed by atoms with E-state index in [1.165, 1.54) is 6.07 Å². The average molecular weight is 273 g/mol. The highest BCUT2D eigenvalue weighted by Crippen LogP contribution is 2.23. The van der Waals surface area contributed by atoms with Crippen LogP contribution in [0.25, 0.3) is 0 Å². The second kappa shape index (κ2) is 6.47. The first-order valence-electron chi connectivity index (χ1n) is 5.86. The lowest BCUT2D eigenvalue weighted by Crippen LogP contribution is -2.30. The Bertz CT molecular complexity index is 463. The van der Waals surface area contributed by atoms with Gasteiger partial charge in [0, 0.05) is 0 Å². The van der Waals surface area contributed by atoms with Crippen molar-refractivity contribution in [1.82, 2.24) is 0 Å². The largest absolute Gasteiger partial charge is 0.465 e. The highest BCUT2D eigenvalue weighted by molar-refractivity contribution is 5.90. The molecule has 106 valence electrons. The van der Waals surface area contributed by atoms with Gasteiger partial charge in [-0.15, -0.1) is 0 Å². The number of methoxy groups -OCH3 is 1. The lowest BCUT2D eigenvalue weighted by atomic mass is 10.0. The lowest BCUT2D eigenvalue weighted by Gasteiger charge is -2.21. The predicted octanol–water partition coefficient (Wildman–Crippen LogP) is 2.18. The molecule has 0 saturated carbocycles. The van der Waals surface area contributed by atoms with Crippen LogP contribution in [0.3, 0.4) is 0 Å². The van der Waals surface area contributed by atoms with Crippen LogP contribution in [-0.2, 0) is 4.74 Å². The second-order valence-corrected chi connectivity index (χ2v) is 4.46. The van der Waals surface area contributed by atoms with E-state index in [9.17, 15) is 13.6 Å². The molecular weight excluding hydrogens is 256 g/mol. The SMILES string of the molecule is COC(=O)c1ccc(NC(CO)C(C)C)c(F)c1F. The van der Waals surface area contributed by atoms with Gasteiger partial charge in [0.1, 0.15) is 0 Å². The van der Waals surface area contributed by atoms with E-state index in [1.807, 2.05) is 13.8 Å². The van der Waals surface area contributed by atoms with E-state index >= 15 is 0 Å². The Kier molecular flexibility index (Phi) is 5.23. The summed E-state index contributed by atoms with van der Waals surface area (Å²) in [7, 11) is 1.09. The number of ether oxygens (including phenoxy) is 1. The number of anilines is 1. The molecule has 0 saturated heterocycles. The van der Waals surface area contributed by atoms with Crippen LogP contribution < -0.4 is 5.32 Å². The molecule has 0 aliphatic carbocycles. The zero-order valence-electron chi connectivity index (χ0n) is 11.0. The average Bonchev–Trinajstić information content (AvgIpc) is 2.39. The Hall–Kier alpha value is -1.69. The van der Waals surface area contributed by atoms with E-state index in [0.717, 1.165) is 13.2 Å². The highest BCUT2D eigenvalue weighted by atomic mass is 19.2. The third-order valence-electron chi connectivity index (χ3n) is 2.83. The molecule has 6 heteroatoms. The van der Waals surface area contributed by atoms with Crippen LogP contribution in [0.2, 0.25) is 0 Å². The highest BCUT2D eigenvalue weighted by Gasteiger charge is 2.21. The topological polar surface area (TPSA) is 58.6 Å². The van der Waals surface area contributed by atoms with Gasteiger partial charge in [0.25, 0.3) is 0 Å². The molecule has 1 unspecified atom stereocenters. The van der Waals surface area contributed by atoms with Gasteiger partial charge in [0.15, 0.2) is 11.6 Å². The zero-order valence-corrected chi connectivity index (χ0v) is 11.0. The van der Waals surface area contributed by atoms with Gasteiger partial charge in [0.05, 0.1) is 31.0 Å². The third kappa shape index (κ3) is 3.41. The molecular formula is C13H17F2NO3. The van der Waals surface area contributed by atoms with Gasteiger partial charge in [-0.05, 0) is 18.1 Å². The molecule has 0 spiro atoms. The van der Waals surface area contributed by atoms with Crippen LogP contribution in [0.15, 0.2) is 12.1 Å². The fraction of sp³-hybridized carbons (Fsp3) is 0.462. The molecule has 1 rings (SSSR count). The number of halogens is 2. The number of carbonyl (C=O) groups excluding carboxylic acids is 1. The maximum Gasteiger partial charge on any atom is 0.340 e. The van der Waals surface area contributed by atoms with Crippen molar-refractivity contribution in [1.29, 1.82) is 0 Å². The van der Waals surface area contributed by atoms with Crippen molar-refractivity contribution in [2.45, 2.75) is 19.9 Å². The zero-order chi connectivity index (χ0) is 14.6. The number of nitrogens with one attached hydrogen (secondary N) is 1. The summed E-state index contributed by atoms with van der Waals surface area (Å²) in [6.07, 6.45) is 0. The Morgan fingerprint density at radius 3 is 2.47 bits per heavy atom. The van der Waals surface area contributed by atoms with Crippen molar-refractivity contribution in [3.63, 3.8) is 0 Å². The molecule has 0 fully saturated rings. The molecule has 0 heterocycles. The van der Waals surface area contributed by atoms with Crippen molar-refractivity contribution in [2.24, 2.45) is 5.92 Å². The van der Waals surface area contributed by atoms with E-state index < -0.39 is 29.2 Å². The number of aliphatic hydroxyl groups is 1. The van der Waals surface area contributed by atoms with Crippen molar-refractivity contribution < 1.29 is 23.4 Å². The van der Waals surface area contributed by atoms with Gasteiger partial charge in [-0.25, -0.2) is 13.6 Å². The molecule has 0 aromatic heterocycles. The Labute approximate surface area is 110 Å². The predicted molar refractivity (Wildman–Crippen MR) is 67.0 cm³/mol.